The van der Waals surface area contributed by atoms with Gasteiger partial charge in [0, 0.05) is 24.8 Å². The molecule has 0 aromatic heterocycles. The summed E-state index contributed by atoms with van der Waals surface area (Å²) in [6.45, 7) is -0.0235. The second-order valence-corrected chi connectivity index (χ2v) is 6.65. The lowest BCUT2D eigenvalue weighted by atomic mass is 10.2. The minimum Gasteiger partial charge on any atom is -0.466 e. The van der Waals surface area contributed by atoms with Gasteiger partial charge in [-0.2, -0.15) is 0 Å². The highest BCUT2D eigenvalue weighted by molar-refractivity contribution is 6.08. The number of benzene rings is 2. The van der Waals surface area contributed by atoms with Gasteiger partial charge >= 0.3 is 5.97 Å². The molecule has 3 N–H and O–H groups in total. The van der Waals surface area contributed by atoms with Crippen molar-refractivity contribution < 1.29 is 29.0 Å². The van der Waals surface area contributed by atoms with Crippen molar-refractivity contribution in [3.8, 4) is 11.5 Å². The van der Waals surface area contributed by atoms with Crippen LogP contribution in [0.2, 0.25) is 0 Å². The Morgan fingerprint density at radius 3 is 2.52 bits per heavy atom. The number of hydrogen-bond acceptors (Lipinski definition) is 7. The molecule has 1 aliphatic rings. The maximum atomic E-state index is 12.6. The number of hydrogen-bond donors (Lipinski definition) is 3. The van der Waals surface area contributed by atoms with E-state index in [0.29, 0.717) is 22.7 Å². The van der Waals surface area contributed by atoms with Gasteiger partial charge in [-0.15, -0.1) is 0 Å². The summed E-state index contributed by atoms with van der Waals surface area (Å²) in [4.78, 5) is 37.8. The monoisotopic (exact) mass is 425 g/mol. The number of aliphatic hydroxyl groups is 1. The molecule has 0 bridgehead atoms. The van der Waals surface area contributed by atoms with Crippen molar-refractivity contribution in [3.63, 3.8) is 0 Å². The number of amides is 2. The highest BCUT2D eigenvalue weighted by Gasteiger charge is 2.34. The minimum absolute atomic E-state index is 0.0667. The van der Waals surface area contributed by atoms with Crippen LogP contribution in [0.3, 0.4) is 0 Å². The molecule has 162 valence electrons. The molecule has 0 aliphatic carbocycles. The predicted octanol–water partition coefficient (Wildman–Crippen LogP) is 1.51. The lowest BCUT2D eigenvalue weighted by Crippen LogP contribution is -2.31. The number of nitrogens with zero attached hydrogens (tertiary/aromatic N) is 1. The van der Waals surface area contributed by atoms with Crippen molar-refractivity contribution in [3.05, 3.63) is 65.4 Å². The van der Waals surface area contributed by atoms with Crippen LogP contribution in [0.4, 0.5) is 5.69 Å². The van der Waals surface area contributed by atoms with E-state index in [1.807, 2.05) is 0 Å². The highest BCUT2D eigenvalue weighted by Crippen LogP contribution is 2.26. The number of anilines is 1. The normalized spacial score (nSPS) is 13.3. The molecule has 0 saturated carbocycles. The average Bonchev–Trinajstić information content (AvgIpc) is 3.09. The lowest BCUT2D eigenvalue weighted by Gasteiger charge is -2.15. The lowest BCUT2D eigenvalue weighted by molar-refractivity contribution is -0.136. The molecule has 9 nitrogen and oxygen atoms in total. The van der Waals surface area contributed by atoms with Crippen LogP contribution in [0, 0.1) is 0 Å². The average molecular weight is 425 g/mol. The third kappa shape index (κ3) is 5.01. The predicted molar refractivity (Wildman–Crippen MR) is 113 cm³/mol. The molecular formula is C22H23N3O6. The Labute approximate surface area is 179 Å². The Hall–Kier alpha value is -3.85. The molecule has 31 heavy (non-hydrogen) atoms. The number of esters is 1. The molecule has 2 aromatic rings. The summed E-state index contributed by atoms with van der Waals surface area (Å²) < 4.78 is 10.6. The maximum Gasteiger partial charge on any atom is 0.337 e. The molecule has 1 heterocycles. The molecule has 2 aromatic carbocycles. The molecule has 3 rings (SSSR count). The summed E-state index contributed by atoms with van der Waals surface area (Å²) in [5.41, 5.74) is 1.37. The van der Waals surface area contributed by atoms with Crippen LogP contribution in [0.1, 0.15) is 10.4 Å². The van der Waals surface area contributed by atoms with Crippen molar-refractivity contribution in [2.75, 3.05) is 39.2 Å². The number of methoxy groups -OCH3 is 1. The summed E-state index contributed by atoms with van der Waals surface area (Å²) in [5.74, 6) is -0.172. The summed E-state index contributed by atoms with van der Waals surface area (Å²) >= 11 is 0. The van der Waals surface area contributed by atoms with E-state index in [0.717, 1.165) is 0 Å². The van der Waals surface area contributed by atoms with E-state index in [9.17, 15) is 14.4 Å². The van der Waals surface area contributed by atoms with Gasteiger partial charge in [-0.1, -0.05) is 6.07 Å². The van der Waals surface area contributed by atoms with Gasteiger partial charge in [0.15, 0.2) is 0 Å². The molecule has 9 heteroatoms. The molecule has 0 atom stereocenters. The standard InChI is InChI=1S/C22H23N3O6/c1-23-20(27)14-4-3-5-17(12-14)31-16-8-6-15(7-9-16)24-19-18(22(29)30-2)13-25(10-11-26)21(19)28/h3-9,12,24,26H,10-11,13H2,1-2H3,(H,23,27). The van der Waals surface area contributed by atoms with Crippen LogP contribution in [0.5, 0.6) is 11.5 Å². The first kappa shape index (κ1) is 21.8. The zero-order chi connectivity index (χ0) is 22.4. The Bertz CT molecular complexity index is 1020. The van der Waals surface area contributed by atoms with Crippen LogP contribution in [0.15, 0.2) is 59.8 Å². The third-order valence-electron chi connectivity index (χ3n) is 4.64. The molecule has 0 radical (unpaired) electrons. The Morgan fingerprint density at radius 1 is 1.13 bits per heavy atom. The molecular weight excluding hydrogens is 402 g/mol. The number of carbonyl (C=O) groups is 3. The van der Waals surface area contributed by atoms with E-state index in [4.69, 9.17) is 14.6 Å². The number of rotatable bonds is 8. The number of β-amino-alcohol motifs (C(OH)–C–C–N with tert-alkyl or cyclic N) is 1. The van der Waals surface area contributed by atoms with E-state index < -0.39 is 5.97 Å². The van der Waals surface area contributed by atoms with Gasteiger partial charge in [0.05, 0.1) is 25.8 Å². The molecule has 2 amide bonds. The summed E-state index contributed by atoms with van der Waals surface area (Å²) in [7, 11) is 2.80. The summed E-state index contributed by atoms with van der Waals surface area (Å²) in [6, 6.07) is 13.6. The fraction of sp³-hybridized carbons (Fsp3) is 0.227. The van der Waals surface area contributed by atoms with Crippen LogP contribution in [-0.4, -0.2) is 61.6 Å². The largest absolute Gasteiger partial charge is 0.466 e. The number of aliphatic hydroxyl groups excluding tert-OH is 1. The van der Waals surface area contributed by atoms with Crippen molar-refractivity contribution in [2.24, 2.45) is 0 Å². The smallest absolute Gasteiger partial charge is 0.337 e. The van der Waals surface area contributed by atoms with Crippen molar-refractivity contribution in [1.29, 1.82) is 0 Å². The number of ether oxygens (including phenoxy) is 2. The van der Waals surface area contributed by atoms with Crippen LogP contribution >= 0.6 is 0 Å². The van der Waals surface area contributed by atoms with Crippen LogP contribution in [0.25, 0.3) is 0 Å². The van der Waals surface area contributed by atoms with Gasteiger partial charge in [0.2, 0.25) is 0 Å². The van der Waals surface area contributed by atoms with Gasteiger partial charge in [0.25, 0.3) is 11.8 Å². The first-order chi connectivity index (χ1) is 15.0. The molecule has 1 aliphatic heterocycles. The molecule has 0 fully saturated rings. The van der Waals surface area contributed by atoms with E-state index in [1.54, 1.807) is 55.6 Å². The van der Waals surface area contributed by atoms with Crippen molar-refractivity contribution in [2.45, 2.75) is 0 Å². The van der Waals surface area contributed by atoms with Crippen LogP contribution in [-0.2, 0) is 14.3 Å². The molecule has 0 spiro atoms. The van der Waals surface area contributed by atoms with Crippen molar-refractivity contribution >= 4 is 23.5 Å². The van der Waals surface area contributed by atoms with Crippen molar-refractivity contribution in [1.82, 2.24) is 10.2 Å². The van der Waals surface area contributed by atoms with E-state index in [2.05, 4.69) is 10.6 Å². The Kier molecular flexibility index (Phi) is 6.88. The number of carbonyl (C=O) groups excluding carboxylic acids is 3. The molecule has 0 saturated heterocycles. The quantitative estimate of drug-likeness (QED) is 0.549. The second kappa shape index (κ2) is 9.77. The van der Waals surface area contributed by atoms with E-state index in [1.165, 1.54) is 12.0 Å². The van der Waals surface area contributed by atoms with Gasteiger partial charge in [-0.3, -0.25) is 9.59 Å². The van der Waals surface area contributed by atoms with Crippen LogP contribution < -0.4 is 15.4 Å². The maximum absolute atomic E-state index is 12.6. The second-order valence-electron chi connectivity index (χ2n) is 6.65. The summed E-state index contributed by atoms with van der Waals surface area (Å²) in [6.07, 6.45) is 0. The minimum atomic E-state index is -0.604. The Morgan fingerprint density at radius 2 is 1.87 bits per heavy atom. The van der Waals surface area contributed by atoms with Gasteiger partial charge < -0.3 is 30.1 Å². The SMILES string of the molecule is CNC(=O)c1cccc(Oc2ccc(NC3=C(C(=O)OC)CN(CCO)C3=O)cc2)c1. The zero-order valence-electron chi connectivity index (χ0n) is 17.2. The van der Waals surface area contributed by atoms with E-state index in [-0.39, 0.29) is 42.8 Å². The number of nitrogens with one attached hydrogen (secondary N) is 2. The highest BCUT2D eigenvalue weighted by atomic mass is 16.5. The molecule has 0 unspecified atom stereocenters. The first-order valence-corrected chi connectivity index (χ1v) is 9.55. The Balaban J connectivity index is 1.74. The topological polar surface area (TPSA) is 117 Å². The van der Waals surface area contributed by atoms with Gasteiger partial charge in [-0.05, 0) is 42.5 Å². The summed E-state index contributed by atoms with van der Waals surface area (Å²) in [5, 5.41) is 14.7. The fourth-order valence-corrected chi connectivity index (χ4v) is 3.08. The first-order valence-electron chi connectivity index (χ1n) is 9.55. The zero-order valence-corrected chi connectivity index (χ0v) is 17.2. The van der Waals surface area contributed by atoms with Gasteiger partial charge in [-0.25, -0.2) is 4.79 Å². The fourth-order valence-electron chi connectivity index (χ4n) is 3.08. The van der Waals surface area contributed by atoms with Gasteiger partial charge in [0.1, 0.15) is 17.2 Å². The third-order valence-corrected chi connectivity index (χ3v) is 4.64. The van der Waals surface area contributed by atoms with E-state index >= 15 is 0 Å².